The highest BCUT2D eigenvalue weighted by molar-refractivity contribution is 5.78. The first-order chi connectivity index (χ1) is 9.60. The molecule has 0 spiro atoms. The Hall–Kier alpha value is -1.75. The number of amides is 1. The van der Waals surface area contributed by atoms with Crippen molar-refractivity contribution in [3.63, 3.8) is 0 Å². The van der Waals surface area contributed by atoms with Gasteiger partial charge in [0.2, 0.25) is 5.91 Å². The number of piperidine rings is 1. The molecule has 1 saturated heterocycles. The number of fused-ring (bicyclic) bond motifs is 3. The normalized spacial score (nSPS) is 24.9. The fourth-order valence-electron chi connectivity index (χ4n) is 3.28. The number of benzene rings is 1. The Balaban J connectivity index is 2.13. The number of aliphatic hydroxyl groups is 1. The molecule has 2 heterocycles. The maximum Gasteiger partial charge on any atom is 0.225 e. The predicted octanol–water partition coefficient (Wildman–Crippen LogP) is 1.42. The van der Waals surface area contributed by atoms with Crippen LogP contribution in [0.2, 0.25) is 0 Å². The van der Waals surface area contributed by atoms with Crippen LogP contribution in [0, 0.1) is 0 Å². The molecule has 1 aromatic carbocycles. The van der Waals surface area contributed by atoms with Crippen LogP contribution in [0.5, 0.6) is 11.5 Å². The van der Waals surface area contributed by atoms with Crippen LogP contribution in [0.4, 0.5) is 0 Å². The van der Waals surface area contributed by atoms with Gasteiger partial charge in [0.1, 0.15) is 0 Å². The first kappa shape index (κ1) is 13.2. The summed E-state index contributed by atoms with van der Waals surface area (Å²) in [7, 11) is 3.17. The highest BCUT2D eigenvalue weighted by atomic mass is 16.5. The first-order valence-electron chi connectivity index (χ1n) is 6.88. The third-order valence-electron chi connectivity index (χ3n) is 4.31. The Morgan fingerprint density at radius 1 is 1.20 bits per heavy atom. The van der Waals surface area contributed by atoms with E-state index in [4.69, 9.17) is 9.47 Å². The van der Waals surface area contributed by atoms with Gasteiger partial charge in [0.05, 0.1) is 14.2 Å². The summed E-state index contributed by atoms with van der Waals surface area (Å²) in [6, 6.07) is 3.71. The number of carbonyl (C=O) groups excluding carboxylic acids is 1. The van der Waals surface area contributed by atoms with Crippen molar-refractivity contribution in [2.24, 2.45) is 0 Å². The van der Waals surface area contributed by atoms with Crippen molar-refractivity contribution in [2.45, 2.75) is 31.4 Å². The van der Waals surface area contributed by atoms with Crippen molar-refractivity contribution in [1.82, 2.24) is 4.90 Å². The summed E-state index contributed by atoms with van der Waals surface area (Å²) in [5.41, 5.74) is 0.605. The minimum absolute atomic E-state index is 0.0270. The molecule has 0 aromatic heterocycles. The van der Waals surface area contributed by atoms with Gasteiger partial charge in [0.25, 0.3) is 0 Å². The fourth-order valence-corrected chi connectivity index (χ4v) is 3.28. The Bertz CT molecular complexity index is 557. The summed E-state index contributed by atoms with van der Waals surface area (Å²) in [4.78, 5) is 13.6. The number of carbonyl (C=O) groups is 1. The minimum Gasteiger partial charge on any atom is -0.493 e. The van der Waals surface area contributed by atoms with Gasteiger partial charge in [-0.1, -0.05) is 0 Å². The van der Waals surface area contributed by atoms with E-state index in [1.807, 2.05) is 6.07 Å². The summed E-state index contributed by atoms with van der Waals surface area (Å²) in [6.45, 7) is 0.553. The molecule has 1 amide bonds. The maximum absolute atomic E-state index is 12.0. The molecular weight excluding hydrogens is 258 g/mol. The topological polar surface area (TPSA) is 59.0 Å². The molecule has 5 heteroatoms. The van der Waals surface area contributed by atoms with Crippen LogP contribution in [0.25, 0.3) is 0 Å². The van der Waals surface area contributed by atoms with Crippen LogP contribution in [0.3, 0.4) is 0 Å². The third-order valence-corrected chi connectivity index (χ3v) is 4.31. The Morgan fingerprint density at radius 2 is 1.90 bits per heavy atom. The van der Waals surface area contributed by atoms with E-state index in [0.717, 1.165) is 17.5 Å². The lowest BCUT2D eigenvalue weighted by Gasteiger charge is -2.47. The van der Waals surface area contributed by atoms with Gasteiger partial charge in [-0.05, 0) is 30.5 Å². The van der Waals surface area contributed by atoms with E-state index in [-0.39, 0.29) is 5.91 Å². The number of rotatable bonds is 2. The van der Waals surface area contributed by atoms with Gasteiger partial charge in [0, 0.05) is 24.9 Å². The van der Waals surface area contributed by atoms with Crippen LogP contribution in [-0.2, 0) is 16.9 Å². The van der Waals surface area contributed by atoms with Crippen molar-refractivity contribution < 1.29 is 19.4 Å². The zero-order valence-corrected chi connectivity index (χ0v) is 11.8. The molecule has 3 rings (SSSR count). The molecule has 108 valence electrons. The van der Waals surface area contributed by atoms with E-state index < -0.39 is 5.72 Å². The lowest BCUT2D eigenvalue weighted by atomic mass is 9.83. The molecule has 2 aliphatic heterocycles. The highest BCUT2D eigenvalue weighted by Crippen LogP contribution is 2.44. The van der Waals surface area contributed by atoms with Crippen LogP contribution in [-0.4, -0.2) is 36.7 Å². The molecule has 1 unspecified atom stereocenters. The molecule has 20 heavy (non-hydrogen) atoms. The number of ether oxygens (including phenoxy) is 2. The quantitative estimate of drug-likeness (QED) is 0.888. The largest absolute Gasteiger partial charge is 0.493 e. The van der Waals surface area contributed by atoms with Crippen LogP contribution >= 0.6 is 0 Å². The Labute approximate surface area is 118 Å². The van der Waals surface area contributed by atoms with Gasteiger partial charge in [-0.25, -0.2) is 0 Å². The number of methoxy groups -OCH3 is 2. The number of hydrogen-bond donors (Lipinski definition) is 1. The van der Waals surface area contributed by atoms with Gasteiger partial charge < -0.3 is 19.5 Å². The molecule has 0 saturated carbocycles. The van der Waals surface area contributed by atoms with Crippen LogP contribution in [0.1, 0.15) is 30.4 Å². The molecule has 2 aliphatic rings. The summed E-state index contributed by atoms with van der Waals surface area (Å²) >= 11 is 0. The summed E-state index contributed by atoms with van der Waals surface area (Å²) < 4.78 is 10.6. The highest BCUT2D eigenvalue weighted by Gasteiger charge is 2.46. The standard InChI is InChI=1S/C15H19NO4/c1-19-12-8-10-5-7-16-14(17)4-3-6-15(16,18)11(10)9-13(12)20-2/h8-9,18H,3-7H2,1-2H3. The van der Waals surface area contributed by atoms with Gasteiger partial charge in [-0.2, -0.15) is 0 Å². The lowest BCUT2D eigenvalue weighted by Crippen LogP contribution is -2.55. The molecule has 1 N–H and O–H groups in total. The monoisotopic (exact) mass is 277 g/mol. The van der Waals surface area contributed by atoms with E-state index in [1.165, 1.54) is 0 Å². The van der Waals surface area contributed by atoms with E-state index in [9.17, 15) is 9.90 Å². The SMILES string of the molecule is COc1cc2c(cc1OC)C1(O)CCCC(=O)N1CC2. The van der Waals surface area contributed by atoms with Crippen molar-refractivity contribution in [2.75, 3.05) is 20.8 Å². The average Bonchev–Trinajstić information content (AvgIpc) is 2.45. The van der Waals surface area contributed by atoms with Crippen molar-refractivity contribution in [1.29, 1.82) is 0 Å². The lowest BCUT2D eigenvalue weighted by molar-refractivity contribution is -0.177. The zero-order chi connectivity index (χ0) is 14.3. The first-order valence-corrected chi connectivity index (χ1v) is 6.88. The fraction of sp³-hybridized carbons (Fsp3) is 0.533. The molecule has 0 radical (unpaired) electrons. The van der Waals surface area contributed by atoms with Crippen molar-refractivity contribution >= 4 is 5.91 Å². The third kappa shape index (κ3) is 1.77. The zero-order valence-electron chi connectivity index (χ0n) is 11.8. The number of hydrogen-bond acceptors (Lipinski definition) is 4. The maximum atomic E-state index is 12.0. The van der Waals surface area contributed by atoms with Gasteiger partial charge in [0.15, 0.2) is 17.2 Å². The summed E-state index contributed by atoms with van der Waals surface area (Å²) in [6.07, 6.45) is 2.52. The van der Waals surface area contributed by atoms with E-state index in [0.29, 0.717) is 37.3 Å². The second-order valence-electron chi connectivity index (χ2n) is 5.33. The number of nitrogens with zero attached hydrogens (tertiary/aromatic N) is 1. The second-order valence-corrected chi connectivity index (χ2v) is 5.33. The van der Waals surface area contributed by atoms with Crippen LogP contribution in [0.15, 0.2) is 12.1 Å². The van der Waals surface area contributed by atoms with E-state index >= 15 is 0 Å². The summed E-state index contributed by atoms with van der Waals surface area (Å²) in [5, 5.41) is 11.0. The van der Waals surface area contributed by atoms with Crippen molar-refractivity contribution in [3.05, 3.63) is 23.3 Å². The average molecular weight is 277 g/mol. The molecule has 0 bridgehead atoms. The van der Waals surface area contributed by atoms with Gasteiger partial charge in [-0.3, -0.25) is 4.79 Å². The second kappa shape index (κ2) is 4.66. The Morgan fingerprint density at radius 3 is 2.60 bits per heavy atom. The van der Waals surface area contributed by atoms with E-state index in [2.05, 4.69) is 0 Å². The molecule has 5 nitrogen and oxygen atoms in total. The van der Waals surface area contributed by atoms with E-state index in [1.54, 1.807) is 25.2 Å². The van der Waals surface area contributed by atoms with Crippen molar-refractivity contribution in [3.8, 4) is 11.5 Å². The summed E-state index contributed by atoms with van der Waals surface area (Å²) in [5.74, 6) is 1.27. The molecule has 1 atom stereocenters. The molecule has 1 aromatic rings. The Kier molecular flexibility index (Phi) is 3.09. The minimum atomic E-state index is -1.19. The predicted molar refractivity (Wildman–Crippen MR) is 72.7 cm³/mol. The molecule has 1 fully saturated rings. The smallest absolute Gasteiger partial charge is 0.225 e. The van der Waals surface area contributed by atoms with Gasteiger partial charge >= 0.3 is 0 Å². The molecule has 0 aliphatic carbocycles. The van der Waals surface area contributed by atoms with Gasteiger partial charge in [-0.15, -0.1) is 0 Å². The molecular formula is C15H19NO4. The van der Waals surface area contributed by atoms with Crippen LogP contribution < -0.4 is 9.47 Å².